The van der Waals surface area contributed by atoms with Crippen LogP contribution in [0.2, 0.25) is 0 Å². The van der Waals surface area contributed by atoms with E-state index in [-0.39, 0.29) is 30.7 Å². The molecule has 6 heteroatoms. The number of rotatable bonds is 5. The van der Waals surface area contributed by atoms with Crippen LogP contribution in [0.3, 0.4) is 0 Å². The molecule has 0 radical (unpaired) electrons. The minimum atomic E-state index is -0.525. The lowest BCUT2D eigenvalue weighted by Crippen LogP contribution is -2.53. The van der Waals surface area contributed by atoms with Crippen LogP contribution in [0, 0.1) is 0 Å². The quantitative estimate of drug-likeness (QED) is 0.573. The van der Waals surface area contributed by atoms with Crippen molar-refractivity contribution in [3.8, 4) is 0 Å². The Kier molecular flexibility index (Phi) is 4.75. The zero-order valence-corrected chi connectivity index (χ0v) is 9.34. The highest BCUT2D eigenvalue weighted by molar-refractivity contribution is 5.97. The van der Waals surface area contributed by atoms with E-state index in [0.29, 0.717) is 6.54 Å². The van der Waals surface area contributed by atoms with Crippen molar-refractivity contribution in [1.82, 2.24) is 16.0 Å². The third kappa shape index (κ3) is 4.29. The molecular weight excluding hydrogens is 210 g/mol. The number of amides is 4. The van der Waals surface area contributed by atoms with E-state index in [9.17, 15) is 14.4 Å². The first-order valence-corrected chi connectivity index (χ1v) is 5.49. The van der Waals surface area contributed by atoms with E-state index in [4.69, 9.17) is 0 Å². The molecule has 0 spiro atoms. The van der Waals surface area contributed by atoms with Gasteiger partial charge in [-0.2, -0.15) is 0 Å². The smallest absolute Gasteiger partial charge is 0.321 e. The molecule has 0 bridgehead atoms. The second kappa shape index (κ2) is 6.09. The molecule has 1 aliphatic heterocycles. The van der Waals surface area contributed by atoms with E-state index < -0.39 is 6.03 Å². The standard InChI is InChI=1S/C10H17N3O3/c1-2-3-4-11-8(14)5-7-6-9(15)13-10(16)12-7/h7H,2-6H2,1H3,(H,11,14)(H2,12,13,15,16). The number of hydrogen-bond acceptors (Lipinski definition) is 3. The third-order valence-corrected chi connectivity index (χ3v) is 2.30. The molecular formula is C10H17N3O3. The molecule has 1 atom stereocenters. The molecule has 6 nitrogen and oxygen atoms in total. The maximum atomic E-state index is 11.4. The molecule has 0 saturated carbocycles. The number of unbranched alkanes of at least 4 members (excludes halogenated alkanes) is 1. The highest BCUT2D eigenvalue weighted by Crippen LogP contribution is 2.02. The average molecular weight is 227 g/mol. The Hall–Kier alpha value is -1.59. The molecule has 0 aromatic heterocycles. The number of urea groups is 1. The maximum absolute atomic E-state index is 11.4. The minimum Gasteiger partial charge on any atom is -0.356 e. The van der Waals surface area contributed by atoms with Gasteiger partial charge in [0.1, 0.15) is 0 Å². The molecule has 1 fully saturated rings. The first-order valence-electron chi connectivity index (χ1n) is 5.49. The molecule has 3 N–H and O–H groups in total. The zero-order valence-electron chi connectivity index (χ0n) is 9.34. The fourth-order valence-electron chi connectivity index (χ4n) is 1.50. The number of hydrogen-bond donors (Lipinski definition) is 3. The Morgan fingerprint density at radius 3 is 2.88 bits per heavy atom. The van der Waals surface area contributed by atoms with Gasteiger partial charge in [-0.15, -0.1) is 0 Å². The Labute approximate surface area is 94.2 Å². The highest BCUT2D eigenvalue weighted by atomic mass is 16.2. The first-order chi connectivity index (χ1) is 7.61. The van der Waals surface area contributed by atoms with E-state index in [1.807, 2.05) is 6.92 Å². The predicted molar refractivity (Wildman–Crippen MR) is 57.6 cm³/mol. The molecule has 1 unspecified atom stereocenters. The summed E-state index contributed by atoms with van der Waals surface area (Å²) in [4.78, 5) is 33.4. The van der Waals surface area contributed by atoms with Crippen molar-refractivity contribution < 1.29 is 14.4 Å². The molecule has 90 valence electrons. The SMILES string of the molecule is CCCCNC(=O)CC1CC(=O)NC(=O)N1. The molecule has 4 amide bonds. The predicted octanol–water partition coefficient (Wildman–Crippen LogP) is -0.109. The number of carbonyl (C=O) groups excluding carboxylic acids is 3. The fraction of sp³-hybridized carbons (Fsp3) is 0.700. The van der Waals surface area contributed by atoms with Crippen molar-refractivity contribution >= 4 is 17.8 Å². The van der Waals surface area contributed by atoms with Gasteiger partial charge in [0.2, 0.25) is 11.8 Å². The third-order valence-electron chi connectivity index (χ3n) is 2.30. The van der Waals surface area contributed by atoms with Crippen LogP contribution in [0.1, 0.15) is 32.6 Å². The summed E-state index contributed by atoms with van der Waals surface area (Å²) in [6.45, 7) is 2.68. The monoisotopic (exact) mass is 227 g/mol. The van der Waals surface area contributed by atoms with Gasteiger partial charge in [0.15, 0.2) is 0 Å². The van der Waals surface area contributed by atoms with Crippen molar-refractivity contribution in [3.63, 3.8) is 0 Å². The molecule has 1 aliphatic rings. The second-order valence-electron chi connectivity index (χ2n) is 3.83. The molecule has 1 heterocycles. The van der Waals surface area contributed by atoms with Crippen LogP contribution in [0.15, 0.2) is 0 Å². The summed E-state index contributed by atoms with van der Waals surface area (Å²) < 4.78 is 0. The van der Waals surface area contributed by atoms with Gasteiger partial charge in [0, 0.05) is 25.4 Å². The zero-order chi connectivity index (χ0) is 12.0. The molecule has 16 heavy (non-hydrogen) atoms. The lowest BCUT2D eigenvalue weighted by Gasteiger charge is -2.22. The topological polar surface area (TPSA) is 87.3 Å². The highest BCUT2D eigenvalue weighted by Gasteiger charge is 2.25. The van der Waals surface area contributed by atoms with Gasteiger partial charge >= 0.3 is 6.03 Å². The summed E-state index contributed by atoms with van der Waals surface area (Å²) >= 11 is 0. The Balaban J connectivity index is 2.27. The largest absolute Gasteiger partial charge is 0.356 e. The van der Waals surface area contributed by atoms with Gasteiger partial charge < -0.3 is 10.6 Å². The van der Waals surface area contributed by atoms with E-state index in [2.05, 4.69) is 16.0 Å². The van der Waals surface area contributed by atoms with Crippen molar-refractivity contribution in [2.75, 3.05) is 6.54 Å². The Morgan fingerprint density at radius 2 is 2.25 bits per heavy atom. The van der Waals surface area contributed by atoms with Crippen LogP contribution in [0.25, 0.3) is 0 Å². The summed E-state index contributed by atoms with van der Waals surface area (Å²) in [5, 5.41) is 7.39. The van der Waals surface area contributed by atoms with E-state index in [1.54, 1.807) is 0 Å². The first kappa shape index (κ1) is 12.5. The van der Waals surface area contributed by atoms with Crippen LogP contribution in [0.4, 0.5) is 4.79 Å². The van der Waals surface area contributed by atoms with Crippen LogP contribution in [-0.4, -0.2) is 30.4 Å². The summed E-state index contributed by atoms with van der Waals surface area (Å²) in [6, 6.07) is -0.912. The van der Waals surface area contributed by atoms with E-state index >= 15 is 0 Å². The van der Waals surface area contributed by atoms with E-state index in [0.717, 1.165) is 12.8 Å². The average Bonchev–Trinajstić information content (AvgIpc) is 2.16. The van der Waals surface area contributed by atoms with Crippen LogP contribution >= 0.6 is 0 Å². The van der Waals surface area contributed by atoms with Gasteiger partial charge in [-0.3, -0.25) is 14.9 Å². The van der Waals surface area contributed by atoms with Crippen molar-refractivity contribution in [1.29, 1.82) is 0 Å². The Morgan fingerprint density at radius 1 is 1.50 bits per heavy atom. The number of nitrogens with one attached hydrogen (secondary N) is 3. The van der Waals surface area contributed by atoms with Gasteiger partial charge in [0.05, 0.1) is 0 Å². The van der Waals surface area contributed by atoms with Gasteiger partial charge in [-0.25, -0.2) is 4.79 Å². The number of imide groups is 1. The minimum absolute atomic E-state index is 0.131. The lowest BCUT2D eigenvalue weighted by molar-refractivity contribution is -0.123. The Bertz CT molecular complexity index is 275. The second-order valence-corrected chi connectivity index (χ2v) is 3.83. The summed E-state index contributed by atoms with van der Waals surface area (Å²) in [5.41, 5.74) is 0. The van der Waals surface area contributed by atoms with Crippen LogP contribution in [0.5, 0.6) is 0 Å². The normalized spacial score (nSPS) is 19.9. The molecule has 0 aromatic carbocycles. The summed E-state index contributed by atoms with van der Waals surface area (Å²) in [7, 11) is 0. The van der Waals surface area contributed by atoms with Gasteiger partial charge in [-0.1, -0.05) is 13.3 Å². The molecule has 0 aromatic rings. The molecule has 1 rings (SSSR count). The van der Waals surface area contributed by atoms with Gasteiger partial charge in [0.25, 0.3) is 0 Å². The van der Waals surface area contributed by atoms with Crippen LogP contribution in [-0.2, 0) is 9.59 Å². The fourth-order valence-corrected chi connectivity index (χ4v) is 1.50. The van der Waals surface area contributed by atoms with Crippen LogP contribution < -0.4 is 16.0 Å². The van der Waals surface area contributed by atoms with E-state index in [1.165, 1.54) is 0 Å². The summed E-state index contributed by atoms with van der Waals surface area (Å²) in [6.07, 6.45) is 2.27. The number of carbonyl (C=O) groups is 3. The van der Waals surface area contributed by atoms with Crippen molar-refractivity contribution in [3.05, 3.63) is 0 Å². The van der Waals surface area contributed by atoms with Crippen molar-refractivity contribution in [2.24, 2.45) is 0 Å². The molecule has 1 saturated heterocycles. The lowest BCUT2D eigenvalue weighted by atomic mass is 10.1. The van der Waals surface area contributed by atoms with Crippen molar-refractivity contribution in [2.45, 2.75) is 38.6 Å². The molecule has 0 aliphatic carbocycles. The van der Waals surface area contributed by atoms with Gasteiger partial charge in [-0.05, 0) is 6.42 Å². The maximum Gasteiger partial charge on any atom is 0.321 e. The summed E-state index contributed by atoms with van der Waals surface area (Å²) in [5.74, 6) is -0.469.